The highest BCUT2D eigenvalue weighted by Gasteiger charge is 2.35. The van der Waals surface area contributed by atoms with Crippen molar-refractivity contribution in [1.82, 2.24) is 5.16 Å². The maximum Gasteiger partial charge on any atom is 0.140 e. The lowest BCUT2D eigenvalue weighted by Gasteiger charge is -2.38. The van der Waals surface area contributed by atoms with Crippen molar-refractivity contribution in [3.05, 3.63) is 70.5 Å². The Morgan fingerprint density at radius 1 is 0.967 bits per heavy atom. The van der Waals surface area contributed by atoms with Gasteiger partial charge in [-0.15, -0.1) is 0 Å². The molecule has 156 valence electrons. The van der Waals surface area contributed by atoms with E-state index in [2.05, 4.69) is 5.16 Å². The van der Waals surface area contributed by atoms with E-state index in [4.69, 9.17) is 4.52 Å². The lowest BCUT2D eigenvalue weighted by Crippen LogP contribution is -2.30. The second-order valence-electron chi connectivity index (χ2n) is 8.77. The van der Waals surface area contributed by atoms with Crippen LogP contribution in [0, 0.1) is 11.6 Å². The fourth-order valence-corrected chi connectivity index (χ4v) is 5.41. The van der Waals surface area contributed by atoms with Crippen molar-refractivity contribution >= 4 is 0 Å². The van der Waals surface area contributed by atoms with Crippen LogP contribution >= 0.6 is 0 Å². The first-order chi connectivity index (χ1) is 14.5. The van der Waals surface area contributed by atoms with Crippen LogP contribution in [0.4, 0.5) is 8.78 Å². The molecule has 2 aliphatic carbocycles. The number of nitrogens with zero attached hydrogens (tertiary/aromatic N) is 1. The van der Waals surface area contributed by atoms with Crippen LogP contribution in [0.5, 0.6) is 5.75 Å². The Hall–Kier alpha value is -2.69. The van der Waals surface area contributed by atoms with Crippen LogP contribution in [0.1, 0.15) is 61.0 Å². The number of aromatic nitrogens is 1. The molecule has 0 amide bonds. The zero-order valence-corrected chi connectivity index (χ0v) is 16.9. The standard InChI is InChI=1S/C25H25F2NO2/c26-18-13-17(14-19(27)15-18)25(9-2-1-3-10-25)11-8-23-22-6-4-16-12-20(29)5-7-21(16)24(22)28-30-23/h5,7,12-15,29H,1-4,6,8-11H2. The van der Waals surface area contributed by atoms with E-state index in [-0.39, 0.29) is 11.2 Å². The quantitative estimate of drug-likeness (QED) is 0.553. The normalized spacial score (nSPS) is 17.4. The Kier molecular flexibility index (Phi) is 4.84. The average Bonchev–Trinajstić information content (AvgIpc) is 3.15. The van der Waals surface area contributed by atoms with Crippen LogP contribution < -0.4 is 0 Å². The highest BCUT2D eigenvalue weighted by atomic mass is 19.1. The van der Waals surface area contributed by atoms with E-state index in [1.165, 1.54) is 18.6 Å². The van der Waals surface area contributed by atoms with E-state index in [0.717, 1.165) is 84.7 Å². The number of rotatable bonds is 4. The molecule has 2 aliphatic rings. The lowest BCUT2D eigenvalue weighted by atomic mass is 9.66. The molecule has 0 bridgehead atoms. The third kappa shape index (κ3) is 3.40. The molecule has 0 atom stereocenters. The molecule has 3 aromatic rings. The van der Waals surface area contributed by atoms with Crippen LogP contribution in [-0.2, 0) is 24.7 Å². The van der Waals surface area contributed by atoms with E-state index in [1.54, 1.807) is 12.1 Å². The third-order valence-corrected chi connectivity index (χ3v) is 6.97. The molecule has 1 heterocycles. The molecule has 1 aromatic heterocycles. The largest absolute Gasteiger partial charge is 0.508 e. The van der Waals surface area contributed by atoms with Gasteiger partial charge in [0.15, 0.2) is 0 Å². The Bertz CT molecular complexity index is 1060. The molecule has 1 fully saturated rings. The molecule has 0 spiro atoms. The van der Waals surface area contributed by atoms with E-state index in [1.807, 2.05) is 6.07 Å². The van der Waals surface area contributed by atoms with Crippen molar-refractivity contribution in [2.24, 2.45) is 0 Å². The molecule has 0 unspecified atom stereocenters. The molecule has 2 aromatic carbocycles. The second kappa shape index (κ2) is 7.53. The lowest BCUT2D eigenvalue weighted by molar-refractivity contribution is 0.261. The van der Waals surface area contributed by atoms with Gasteiger partial charge >= 0.3 is 0 Å². The van der Waals surface area contributed by atoms with E-state index >= 15 is 0 Å². The van der Waals surface area contributed by atoms with Gasteiger partial charge in [-0.25, -0.2) is 8.78 Å². The Balaban J connectivity index is 1.44. The van der Waals surface area contributed by atoms with E-state index in [9.17, 15) is 13.9 Å². The highest BCUT2D eigenvalue weighted by molar-refractivity contribution is 5.70. The summed E-state index contributed by atoms with van der Waals surface area (Å²) in [5.41, 5.74) is 4.64. The number of aromatic hydroxyl groups is 1. The van der Waals surface area contributed by atoms with Gasteiger partial charge in [-0.1, -0.05) is 24.4 Å². The molecular weight excluding hydrogens is 384 g/mol. The van der Waals surface area contributed by atoms with Gasteiger partial charge in [0.05, 0.1) is 0 Å². The molecule has 0 aliphatic heterocycles. The van der Waals surface area contributed by atoms with Crippen LogP contribution in [-0.4, -0.2) is 10.3 Å². The second-order valence-corrected chi connectivity index (χ2v) is 8.77. The molecule has 5 heteroatoms. The van der Waals surface area contributed by atoms with Gasteiger partial charge in [-0.05, 0) is 79.0 Å². The topological polar surface area (TPSA) is 46.3 Å². The molecule has 0 radical (unpaired) electrons. The molecule has 5 rings (SSSR count). The number of fused-ring (bicyclic) bond motifs is 3. The van der Waals surface area contributed by atoms with Crippen LogP contribution in [0.15, 0.2) is 40.9 Å². The number of aryl methyl sites for hydroxylation is 2. The molecule has 1 N–H and O–H groups in total. The number of phenolic OH excluding ortho intramolecular Hbond substituents is 1. The molecule has 3 nitrogen and oxygen atoms in total. The first kappa shape index (κ1) is 19.3. The summed E-state index contributed by atoms with van der Waals surface area (Å²) in [5, 5.41) is 14.1. The summed E-state index contributed by atoms with van der Waals surface area (Å²) in [6, 6.07) is 9.33. The zero-order valence-electron chi connectivity index (χ0n) is 16.9. The van der Waals surface area contributed by atoms with Gasteiger partial charge in [-0.2, -0.15) is 0 Å². The highest BCUT2D eigenvalue weighted by Crippen LogP contribution is 2.44. The van der Waals surface area contributed by atoms with E-state index < -0.39 is 11.6 Å². The Morgan fingerprint density at radius 3 is 2.50 bits per heavy atom. The van der Waals surface area contributed by atoms with Crippen LogP contribution in [0.25, 0.3) is 11.3 Å². The molecule has 0 saturated heterocycles. The summed E-state index contributed by atoms with van der Waals surface area (Å²) in [6.45, 7) is 0. The maximum absolute atomic E-state index is 14.0. The SMILES string of the molecule is Oc1ccc2c(c1)CCc1c-2noc1CCC1(c2cc(F)cc(F)c2)CCCCC1. The van der Waals surface area contributed by atoms with Crippen LogP contribution in [0.2, 0.25) is 0 Å². The summed E-state index contributed by atoms with van der Waals surface area (Å²) in [4.78, 5) is 0. The van der Waals surface area contributed by atoms with Crippen molar-refractivity contribution in [3.8, 4) is 17.0 Å². The van der Waals surface area contributed by atoms with E-state index in [0.29, 0.717) is 6.42 Å². The minimum atomic E-state index is -0.508. The summed E-state index contributed by atoms with van der Waals surface area (Å²) in [7, 11) is 0. The fraction of sp³-hybridized carbons (Fsp3) is 0.400. The van der Waals surface area contributed by atoms with Crippen LogP contribution in [0.3, 0.4) is 0 Å². The smallest absolute Gasteiger partial charge is 0.140 e. The van der Waals surface area contributed by atoms with Gasteiger partial charge < -0.3 is 9.63 Å². The van der Waals surface area contributed by atoms with Crippen molar-refractivity contribution in [3.63, 3.8) is 0 Å². The summed E-state index contributed by atoms with van der Waals surface area (Å²) in [6.07, 6.45) is 8.35. The minimum Gasteiger partial charge on any atom is -0.508 e. The minimum absolute atomic E-state index is 0.223. The van der Waals surface area contributed by atoms with Gasteiger partial charge in [0.25, 0.3) is 0 Å². The fourth-order valence-electron chi connectivity index (χ4n) is 5.41. The molecular formula is C25H25F2NO2. The summed E-state index contributed by atoms with van der Waals surface area (Å²) < 4.78 is 33.7. The Morgan fingerprint density at radius 2 is 1.73 bits per heavy atom. The summed E-state index contributed by atoms with van der Waals surface area (Å²) >= 11 is 0. The van der Waals surface area contributed by atoms with Crippen molar-refractivity contribution in [2.45, 2.75) is 63.2 Å². The number of benzene rings is 2. The molecule has 30 heavy (non-hydrogen) atoms. The predicted octanol–water partition coefficient (Wildman–Crippen LogP) is 6.26. The van der Waals surface area contributed by atoms with Crippen molar-refractivity contribution in [2.75, 3.05) is 0 Å². The number of phenols is 1. The van der Waals surface area contributed by atoms with Gasteiger partial charge in [0.2, 0.25) is 0 Å². The summed E-state index contributed by atoms with van der Waals surface area (Å²) in [5.74, 6) is 0.131. The van der Waals surface area contributed by atoms with Gasteiger partial charge in [-0.3, -0.25) is 0 Å². The maximum atomic E-state index is 14.0. The monoisotopic (exact) mass is 409 g/mol. The third-order valence-electron chi connectivity index (χ3n) is 6.97. The van der Waals surface area contributed by atoms with Gasteiger partial charge in [0, 0.05) is 23.6 Å². The zero-order chi connectivity index (χ0) is 20.7. The van der Waals surface area contributed by atoms with Crippen molar-refractivity contribution in [1.29, 1.82) is 0 Å². The number of hydrogen-bond acceptors (Lipinski definition) is 3. The number of hydrogen-bond donors (Lipinski definition) is 1. The first-order valence-corrected chi connectivity index (χ1v) is 10.8. The average molecular weight is 409 g/mol. The van der Waals surface area contributed by atoms with Crippen molar-refractivity contribution < 1.29 is 18.4 Å². The van der Waals surface area contributed by atoms with Gasteiger partial charge in [0.1, 0.15) is 28.8 Å². The Labute approximate surface area is 174 Å². The predicted molar refractivity (Wildman–Crippen MR) is 110 cm³/mol. The number of halogens is 2. The first-order valence-electron chi connectivity index (χ1n) is 10.8. The molecule has 1 saturated carbocycles.